The molecule has 0 saturated carbocycles. The number of phenolic OH excluding ortho intramolecular Hbond substituents is 1. The molecule has 0 fully saturated rings. The first-order chi connectivity index (χ1) is 9.97. The van der Waals surface area contributed by atoms with Crippen molar-refractivity contribution in [2.24, 2.45) is 0 Å². The van der Waals surface area contributed by atoms with Gasteiger partial charge >= 0.3 is 0 Å². The molecule has 21 heavy (non-hydrogen) atoms. The summed E-state index contributed by atoms with van der Waals surface area (Å²) in [6, 6.07) is 9.77. The number of aromatic hydroxyl groups is 1. The van der Waals surface area contributed by atoms with Crippen molar-refractivity contribution < 1.29 is 9.90 Å². The average molecular weight is 363 g/mol. The Morgan fingerprint density at radius 3 is 2.48 bits per heavy atom. The van der Waals surface area contributed by atoms with E-state index in [1.165, 1.54) is 23.9 Å². The van der Waals surface area contributed by atoms with Gasteiger partial charge < -0.3 is 10.4 Å². The van der Waals surface area contributed by atoms with E-state index in [0.29, 0.717) is 25.7 Å². The summed E-state index contributed by atoms with van der Waals surface area (Å²) in [6.45, 7) is 0. The van der Waals surface area contributed by atoms with Gasteiger partial charge in [-0.25, -0.2) is 0 Å². The molecule has 1 amide bonds. The molecule has 2 rings (SSSR count). The van der Waals surface area contributed by atoms with Gasteiger partial charge in [-0.15, -0.1) is 11.8 Å². The number of nitrogens with one attached hydrogen (secondary N) is 1. The minimum atomic E-state index is -0.261. The lowest BCUT2D eigenvalue weighted by Gasteiger charge is -2.09. The second-order valence-corrected chi connectivity index (χ2v) is 6.29. The van der Waals surface area contributed by atoms with Crippen LogP contribution in [0.1, 0.15) is 0 Å². The van der Waals surface area contributed by atoms with Gasteiger partial charge in [0.2, 0.25) is 5.91 Å². The van der Waals surface area contributed by atoms with Gasteiger partial charge in [0.15, 0.2) is 0 Å². The Kier molecular flexibility index (Phi) is 5.65. The topological polar surface area (TPSA) is 49.3 Å². The minimum Gasteiger partial charge on any atom is -0.507 e. The number of hydrogen-bond acceptors (Lipinski definition) is 3. The number of para-hydroxylation sites is 1. The molecule has 3 nitrogen and oxygen atoms in total. The molecule has 0 saturated heterocycles. The Hall–Kier alpha value is -1.07. The van der Waals surface area contributed by atoms with Gasteiger partial charge in [-0.3, -0.25) is 4.79 Å². The number of carbonyl (C=O) groups is 1. The lowest BCUT2D eigenvalue weighted by atomic mass is 10.3. The molecule has 0 spiro atoms. The molecular weight excluding hydrogens is 353 g/mol. The maximum absolute atomic E-state index is 11.9. The van der Waals surface area contributed by atoms with E-state index in [4.69, 9.17) is 34.8 Å². The zero-order valence-electron chi connectivity index (χ0n) is 10.6. The number of benzene rings is 2. The van der Waals surface area contributed by atoms with Crippen LogP contribution in [0.4, 0.5) is 5.69 Å². The van der Waals surface area contributed by atoms with Crippen LogP contribution < -0.4 is 5.32 Å². The fourth-order valence-electron chi connectivity index (χ4n) is 1.53. The summed E-state index contributed by atoms with van der Waals surface area (Å²) in [4.78, 5) is 12.5. The second-order valence-electron chi connectivity index (χ2n) is 4.05. The molecular formula is C14H10Cl3NO2S. The highest BCUT2D eigenvalue weighted by atomic mass is 35.5. The molecule has 0 aliphatic carbocycles. The van der Waals surface area contributed by atoms with E-state index in [1.54, 1.807) is 24.3 Å². The summed E-state index contributed by atoms with van der Waals surface area (Å²) in [5.41, 5.74) is 0.397. The van der Waals surface area contributed by atoms with Crippen molar-refractivity contribution in [1.82, 2.24) is 0 Å². The van der Waals surface area contributed by atoms with Crippen molar-refractivity contribution >= 4 is 58.2 Å². The quantitative estimate of drug-likeness (QED) is 0.589. The molecule has 0 aliphatic rings. The molecule has 110 valence electrons. The van der Waals surface area contributed by atoms with Gasteiger partial charge in [-0.2, -0.15) is 0 Å². The molecule has 0 aromatic heterocycles. The first-order valence-corrected chi connectivity index (χ1v) is 7.94. The Morgan fingerprint density at radius 2 is 1.76 bits per heavy atom. The Balaban J connectivity index is 1.99. The molecule has 2 aromatic carbocycles. The van der Waals surface area contributed by atoms with E-state index in [-0.39, 0.29) is 17.4 Å². The zero-order chi connectivity index (χ0) is 15.4. The fraction of sp³-hybridized carbons (Fsp3) is 0.0714. The van der Waals surface area contributed by atoms with Crippen LogP contribution in [0.3, 0.4) is 0 Å². The normalized spacial score (nSPS) is 10.4. The van der Waals surface area contributed by atoms with Crippen molar-refractivity contribution in [3.8, 4) is 5.75 Å². The van der Waals surface area contributed by atoms with Crippen LogP contribution in [0.15, 0.2) is 41.3 Å². The summed E-state index contributed by atoms with van der Waals surface area (Å²) < 4.78 is 0. The van der Waals surface area contributed by atoms with Gasteiger partial charge in [0, 0.05) is 4.90 Å². The largest absolute Gasteiger partial charge is 0.507 e. The third kappa shape index (κ3) is 4.45. The average Bonchev–Trinajstić information content (AvgIpc) is 2.44. The third-order valence-corrected chi connectivity index (χ3v) is 4.61. The molecule has 0 aliphatic heterocycles. The van der Waals surface area contributed by atoms with Crippen molar-refractivity contribution in [2.45, 2.75) is 4.90 Å². The number of halogens is 3. The van der Waals surface area contributed by atoms with Crippen LogP contribution in [0.25, 0.3) is 0 Å². The van der Waals surface area contributed by atoms with E-state index in [1.807, 2.05) is 0 Å². The molecule has 7 heteroatoms. The maximum atomic E-state index is 11.9. The Labute approximate surface area is 141 Å². The van der Waals surface area contributed by atoms with Gasteiger partial charge in [0.25, 0.3) is 0 Å². The molecule has 0 bridgehead atoms. The van der Waals surface area contributed by atoms with Gasteiger partial charge in [0.1, 0.15) is 5.75 Å². The van der Waals surface area contributed by atoms with Gasteiger partial charge in [-0.05, 0) is 24.3 Å². The molecule has 0 radical (unpaired) electrons. The number of amides is 1. The van der Waals surface area contributed by atoms with E-state index in [9.17, 15) is 9.90 Å². The van der Waals surface area contributed by atoms with Crippen LogP contribution in [-0.2, 0) is 4.79 Å². The van der Waals surface area contributed by atoms with Gasteiger partial charge in [0.05, 0.1) is 26.5 Å². The van der Waals surface area contributed by atoms with Crippen LogP contribution in [0, 0.1) is 0 Å². The Bertz CT molecular complexity index is 679. The van der Waals surface area contributed by atoms with E-state index < -0.39 is 0 Å². The number of thioether (sulfide) groups is 1. The molecule has 2 aromatic rings. The number of hydrogen-bond donors (Lipinski definition) is 2. The zero-order valence-corrected chi connectivity index (χ0v) is 13.7. The predicted molar refractivity (Wildman–Crippen MR) is 88.9 cm³/mol. The monoisotopic (exact) mass is 361 g/mol. The molecule has 2 N–H and O–H groups in total. The first kappa shape index (κ1) is 16.3. The van der Waals surface area contributed by atoms with Crippen molar-refractivity contribution in [3.63, 3.8) is 0 Å². The first-order valence-electron chi connectivity index (χ1n) is 5.82. The van der Waals surface area contributed by atoms with Crippen LogP contribution in [0.5, 0.6) is 5.75 Å². The van der Waals surface area contributed by atoms with Crippen molar-refractivity contribution in [1.29, 1.82) is 0 Å². The maximum Gasteiger partial charge on any atom is 0.234 e. The van der Waals surface area contributed by atoms with E-state index in [0.717, 1.165) is 0 Å². The minimum absolute atomic E-state index is 0.133. The van der Waals surface area contributed by atoms with Crippen LogP contribution >= 0.6 is 46.6 Å². The second kappa shape index (κ2) is 7.27. The summed E-state index contributed by atoms with van der Waals surface area (Å²) in [5, 5.41) is 13.2. The smallest absolute Gasteiger partial charge is 0.234 e. The van der Waals surface area contributed by atoms with Crippen LogP contribution in [0.2, 0.25) is 15.1 Å². The lowest BCUT2D eigenvalue weighted by molar-refractivity contribution is -0.113. The number of anilines is 1. The van der Waals surface area contributed by atoms with Gasteiger partial charge in [-0.1, -0.05) is 46.9 Å². The van der Waals surface area contributed by atoms with E-state index >= 15 is 0 Å². The number of rotatable bonds is 4. The van der Waals surface area contributed by atoms with E-state index in [2.05, 4.69) is 5.32 Å². The standard InChI is InChI=1S/C14H10Cl3NO2S/c15-8-5-10(17)11(6-9(8)16)18-14(20)7-21-13-4-2-1-3-12(13)19/h1-6,19H,7H2,(H,18,20). The summed E-state index contributed by atoms with van der Waals surface area (Å²) in [7, 11) is 0. The highest BCUT2D eigenvalue weighted by Crippen LogP contribution is 2.33. The van der Waals surface area contributed by atoms with Crippen LogP contribution in [-0.4, -0.2) is 16.8 Å². The Morgan fingerprint density at radius 1 is 1.10 bits per heavy atom. The predicted octanol–water partition coefficient (Wildman–Crippen LogP) is 5.08. The molecule has 0 heterocycles. The highest BCUT2D eigenvalue weighted by Gasteiger charge is 2.10. The third-order valence-electron chi connectivity index (χ3n) is 2.51. The van der Waals surface area contributed by atoms with Crippen molar-refractivity contribution in [3.05, 3.63) is 51.5 Å². The van der Waals surface area contributed by atoms with Crippen molar-refractivity contribution in [2.75, 3.05) is 11.1 Å². The SMILES string of the molecule is O=C(CSc1ccccc1O)Nc1cc(Cl)c(Cl)cc1Cl. The highest BCUT2D eigenvalue weighted by molar-refractivity contribution is 8.00. The molecule has 0 unspecified atom stereocenters. The fourth-order valence-corrected chi connectivity index (χ4v) is 2.87. The molecule has 0 atom stereocenters. The number of phenols is 1. The summed E-state index contributed by atoms with van der Waals surface area (Å²) in [5.74, 6) is 0.0140. The lowest BCUT2D eigenvalue weighted by Crippen LogP contribution is -2.14. The summed E-state index contributed by atoms with van der Waals surface area (Å²) in [6.07, 6.45) is 0. The summed E-state index contributed by atoms with van der Waals surface area (Å²) >= 11 is 18.9. The number of carbonyl (C=O) groups excluding carboxylic acids is 1.